The van der Waals surface area contributed by atoms with Gasteiger partial charge in [0.1, 0.15) is 5.01 Å². The van der Waals surface area contributed by atoms with E-state index in [2.05, 4.69) is 44.3 Å². The average Bonchev–Trinajstić information content (AvgIpc) is 2.99. The first-order valence-corrected chi connectivity index (χ1v) is 8.17. The zero-order chi connectivity index (χ0) is 14.5. The third kappa shape index (κ3) is 3.46. The molecule has 0 amide bonds. The van der Waals surface area contributed by atoms with E-state index < -0.39 is 0 Å². The fourth-order valence-corrected chi connectivity index (χ4v) is 3.16. The molecule has 0 spiro atoms. The molecular weight excluding hydrogens is 268 g/mol. The van der Waals surface area contributed by atoms with Crippen LogP contribution in [0.3, 0.4) is 0 Å². The molecule has 2 heterocycles. The summed E-state index contributed by atoms with van der Waals surface area (Å²) in [5, 5.41) is 9.18. The van der Waals surface area contributed by atoms with Crippen LogP contribution in [0.15, 0.2) is 12.4 Å². The lowest BCUT2D eigenvalue weighted by molar-refractivity contribution is 0.586. The van der Waals surface area contributed by atoms with Gasteiger partial charge in [-0.05, 0) is 33.2 Å². The SMILES string of the molecule is CCCNC(c1cnn(CCC)c1)c1nc(C)c(C)s1. The van der Waals surface area contributed by atoms with Crippen LogP contribution in [-0.4, -0.2) is 21.3 Å². The van der Waals surface area contributed by atoms with Gasteiger partial charge in [0.05, 0.1) is 17.9 Å². The summed E-state index contributed by atoms with van der Waals surface area (Å²) >= 11 is 1.78. The van der Waals surface area contributed by atoms with E-state index in [1.54, 1.807) is 11.3 Å². The molecule has 20 heavy (non-hydrogen) atoms. The van der Waals surface area contributed by atoms with E-state index in [0.29, 0.717) is 0 Å². The third-order valence-electron chi connectivity index (χ3n) is 3.33. The second kappa shape index (κ2) is 6.99. The minimum Gasteiger partial charge on any atom is -0.304 e. The predicted octanol–water partition coefficient (Wildman–Crippen LogP) is 3.46. The lowest BCUT2D eigenvalue weighted by atomic mass is 10.1. The van der Waals surface area contributed by atoms with E-state index >= 15 is 0 Å². The van der Waals surface area contributed by atoms with Crippen LogP contribution in [0, 0.1) is 13.8 Å². The molecule has 2 aromatic heterocycles. The van der Waals surface area contributed by atoms with Crippen molar-refractivity contribution < 1.29 is 0 Å². The molecule has 0 aliphatic rings. The molecule has 110 valence electrons. The lowest BCUT2D eigenvalue weighted by Gasteiger charge is -2.14. The fraction of sp³-hybridized carbons (Fsp3) is 0.600. The quantitative estimate of drug-likeness (QED) is 0.850. The van der Waals surface area contributed by atoms with Crippen molar-refractivity contribution in [2.45, 2.75) is 53.1 Å². The topological polar surface area (TPSA) is 42.7 Å². The fourth-order valence-electron chi connectivity index (χ4n) is 2.14. The number of rotatable bonds is 7. The number of nitrogens with one attached hydrogen (secondary N) is 1. The molecule has 0 radical (unpaired) electrons. The molecule has 1 N–H and O–H groups in total. The van der Waals surface area contributed by atoms with E-state index in [-0.39, 0.29) is 6.04 Å². The summed E-state index contributed by atoms with van der Waals surface area (Å²) < 4.78 is 2.02. The highest BCUT2D eigenvalue weighted by Gasteiger charge is 2.19. The van der Waals surface area contributed by atoms with Crippen LogP contribution in [0.4, 0.5) is 0 Å². The molecule has 0 aliphatic carbocycles. The Morgan fingerprint density at radius 1 is 1.30 bits per heavy atom. The predicted molar refractivity (Wildman–Crippen MR) is 84.2 cm³/mol. The Morgan fingerprint density at radius 3 is 2.70 bits per heavy atom. The smallest absolute Gasteiger partial charge is 0.115 e. The van der Waals surface area contributed by atoms with Crippen molar-refractivity contribution in [3.63, 3.8) is 0 Å². The zero-order valence-electron chi connectivity index (χ0n) is 12.8. The minimum absolute atomic E-state index is 0.165. The molecule has 2 aromatic rings. The van der Waals surface area contributed by atoms with Crippen molar-refractivity contribution in [1.29, 1.82) is 0 Å². The molecule has 4 nitrogen and oxygen atoms in total. The second-order valence-electron chi connectivity index (χ2n) is 5.12. The Kier molecular flexibility index (Phi) is 5.31. The van der Waals surface area contributed by atoms with E-state index in [1.165, 1.54) is 10.4 Å². The Bertz CT molecular complexity index is 524. The van der Waals surface area contributed by atoms with Crippen molar-refractivity contribution in [3.8, 4) is 0 Å². The van der Waals surface area contributed by atoms with Gasteiger partial charge in [-0.3, -0.25) is 4.68 Å². The maximum atomic E-state index is 4.71. The van der Waals surface area contributed by atoms with E-state index in [0.717, 1.165) is 36.6 Å². The summed E-state index contributed by atoms with van der Waals surface area (Å²) in [5.74, 6) is 0. The molecule has 5 heteroatoms. The highest BCUT2D eigenvalue weighted by Crippen LogP contribution is 2.27. The Morgan fingerprint density at radius 2 is 2.10 bits per heavy atom. The van der Waals surface area contributed by atoms with Crippen molar-refractivity contribution in [1.82, 2.24) is 20.1 Å². The zero-order valence-corrected chi connectivity index (χ0v) is 13.6. The van der Waals surface area contributed by atoms with Crippen LogP contribution in [-0.2, 0) is 6.54 Å². The lowest BCUT2D eigenvalue weighted by Crippen LogP contribution is -2.22. The largest absolute Gasteiger partial charge is 0.304 e. The Balaban J connectivity index is 2.25. The van der Waals surface area contributed by atoms with Gasteiger partial charge < -0.3 is 5.32 Å². The third-order valence-corrected chi connectivity index (χ3v) is 4.47. The highest BCUT2D eigenvalue weighted by atomic mass is 32.1. The van der Waals surface area contributed by atoms with Crippen LogP contribution in [0.2, 0.25) is 0 Å². The number of nitrogens with zero attached hydrogens (tertiary/aromatic N) is 3. The van der Waals surface area contributed by atoms with Gasteiger partial charge in [-0.2, -0.15) is 5.10 Å². The van der Waals surface area contributed by atoms with Gasteiger partial charge in [0.2, 0.25) is 0 Å². The molecule has 0 bridgehead atoms. The first-order chi connectivity index (χ1) is 9.65. The van der Waals surface area contributed by atoms with Crippen LogP contribution in [0.25, 0.3) is 0 Å². The maximum absolute atomic E-state index is 4.71. The number of hydrogen-bond acceptors (Lipinski definition) is 4. The summed E-state index contributed by atoms with van der Waals surface area (Å²) in [6.45, 7) is 10.5. The number of aromatic nitrogens is 3. The molecule has 0 aliphatic heterocycles. The van der Waals surface area contributed by atoms with Crippen molar-refractivity contribution in [2.75, 3.05) is 6.54 Å². The molecule has 0 saturated heterocycles. The van der Waals surface area contributed by atoms with Crippen LogP contribution in [0.1, 0.15) is 53.9 Å². The molecular formula is C15H24N4S. The molecule has 0 fully saturated rings. The van der Waals surface area contributed by atoms with Gasteiger partial charge in [0, 0.05) is 23.2 Å². The van der Waals surface area contributed by atoms with E-state index in [9.17, 15) is 0 Å². The standard InChI is InChI=1S/C15H24N4S/c1-5-7-16-14(15-18-11(3)12(4)20-15)13-9-17-19(10-13)8-6-2/h9-10,14,16H,5-8H2,1-4H3. The second-order valence-corrected chi connectivity index (χ2v) is 6.35. The first-order valence-electron chi connectivity index (χ1n) is 7.35. The van der Waals surface area contributed by atoms with Crippen LogP contribution in [0.5, 0.6) is 0 Å². The monoisotopic (exact) mass is 292 g/mol. The highest BCUT2D eigenvalue weighted by molar-refractivity contribution is 7.11. The van der Waals surface area contributed by atoms with Gasteiger partial charge in [-0.25, -0.2) is 4.98 Å². The Labute approximate surface area is 125 Å². The van der Waals surface area contributed by atoms with Gasteiger partial charge in [0.25, 0.3) is 0 Å². The van der Waals surface area contributed by atoms with Crippen molar-refractivity contribution in [2.24, 2.45) is 0 Å². The van der Waals surface area contributed by atoms with E-state index in [1.807, 2.05) is 10.9 Å². The summed E-state index contributed by atoms with van der Waals surface area (Å²) in [6, 6.07) is 0.165. The molecule has 0 aromatic carbocycles. The molecule has 1 atom stereocenters. The molecule has 1 unspecified atom stereocenters. The van der Waals surface area contributed by atoms with Crippen LogP contribution < -0.4 is 5.32 Å². The first kappa shape index (κ1) is 15.2. The number of aryl methyl sites for hydroxylation is 3. The van der Waals surface area contributed by atoms with Crippen molar-refractivity contribution >= 4 is 11.3 Å². The van der Waals surface area contributed by atoms with Crippen LogP contribution >= 0.6 is 11.3 Å². The normalized spacial score (nSPS) is 12.8. The van der Waals surface area contributed by atoms with Crippen molar-refractivity contribution in [3.05, 3.63) is 33.5 Å². The summed E-state index contributed by atoms with van der Waals surface area (Å²) in [7, 11) is 0. The van der Waals surface area contributed by atoms with E-state index in [4.69, 9.17) is 4.98 Å². The number of hydrogen-bond donors (Lipinski definition) is 1. The van der Waals surface area contributed by atoms with Gasteiger partial charge in [-0.15, -0.1) is 11.3 Å². The molecule has 0 saturated carbocycles. The average molecular weight is 292 g/mol. The van der Waals surface area contributed by atoms with Gasteiger partial charge >= 0.3 is 0 Å². The maximum Gasteiger partial charge on any atom is 0.115 e. The molecule has 2 rings (SSSR count). The summed E-state index contributed by atoms with van der Waals surface area (Å²) in [6.07, 6.45) is 6.32. The number of thiazole rings is 1. The van der Waals surface area contributed by atoms with Gasteiger partial charge in [-0.1, -0.05) is 13.8 Å². The summed E-state index contributed by atoms with van der Waals surface area (Å²) in [5.41, 5.74) is 2.34. The summed E-state index contributed by atoms with van der Waals surface area (Å²) in [4.78, 5) is 6.01. The minimum atomic E-state index is 0.165. The Hall–Kier alpha value is -1.20. The van der Waals surface area contributed by atoms with Gasteiger partial charge in [0.15, 0.2) is 0 Å².